The van der Waals surface area contributed by atoms with Crippen LogP contribution in [0, 0.1) is 0 Å². The molecule has 0 bridgehead atoms. The number of nitrogens with one attached hydrogen (secondary N) is 4. The zero-order valence-electron chi connectivity index (χ0n) is 34.5. The van der Waals surface area contributed by atoms with Crippen molar-refractivity contribution in [3.8, 4) is 17.1 Å². The summed E-state index contributed by atoms with van der Waals surface area (Å²) in [7, 11) is 0. The number of imide groups is 1. The van der Waals surface area contributed by atoms with Gasteiger partial charge in [-0.3, -0.25) is 33.7 Å². The highest BCUT2D eigenvalue weighted by Gasteiger charge is 2.44. The third-order valence-corrected chi connectivity index (χ3v) is 10.8. The first-order valence-corrected chi connectivity index (χ1v) is 20.9. The van der Waals surface area contributed by atoms with E-state index in [-0.39, 0.29) is 46.0 Å². The number of amides is 5. The minimum Gasteiger partial charge on any atom is -0.444 e. The van der Waals surface area contributed by atoms with Crippen LogP contribution in [-0.4, -0.2) is 91.8 Å². The van der Waals surface area contributed by atoms with Crippen LogP contribution in [0.3, 0.4) is 0 Å². The van der Waals surface area contributed by atoms with Crippen LogP contribution < -0.4 is 27.0 Å². The van der Waals surface area contributed by atoms with E-state index in [1.807, 2.05) is 0 Å². The van der Waals surface area contributed by atoms with Gasteiger partial charge in [0, 0.05) is 42.5 Å². The number of alkyl halides is 3. The Hall–Kier alpha value is -7.38. The number of nitrogens with two attached hydrogens (primary N) is 1. The maximum atomic E-state index is 13.3. The van der Waals surface area contributed by atoms with Crippen LogP contribution >= 0.6 is 0 Å². The highest BCUT2D eigenvalue weighted by Crippen LogP contribution is 2.32. The largest absolute Gasteiger partial charge is 0.444 e. The predicted octanol–water partition coefficient (Wildman–Crippen LogP) is 6.54. The molecule has 20 heteroatoms. The molecule has 1 fully saturated rings. The quantitative estimate of drug-likeness (QED) is 0.0319. The average molecular weight is 883 g/mol. The van der Waals surface area contributed by atoms with E-state index in [1.54, 1.807) is 42.5 Å². The predicted molar refractivity (Wildman–Crippen MR) is 227 cm³/mol. The molecule has 64 heavy (non-hydrogen) atoms. The molecule has 0 aliphatic carbocycles. The zero-order chi connectivity index (χ0) is 45.4. The van der Waals surface area contributed by atoms with Crippen molar-refractivity contribution in [1.29, 1.82) is 0 Å². The molecule has 5 aromatic rings. The van der Waals surface area contributed by atoms with Crippen molar-refractivity contribution in [1.82, 2.24) is 30.0 Å². The summed E-state index contributed by atoms with van der Waals surface area (Å²) in [5.41, 5.74) is 7.57. The Bertz CT molecular complexity index is 2550. The summed E-state index contributed by atoms with van der Waals surface area (Å²) in [6, 6.07) is 13.7. The number of fused-ring (bicyclic) bond motifs is 1. The SMILES string of the molecule is NC(=O)c1nn(-c2ccc(C(=O)CCCCCCCCCNc3cccc4c3C(=O)N(C3CCCNC3=O)C4=O)cc2)cc1NC(=O)c1coc(-c2ccnc(NCC(F)(F)F)c2)n1. The number of oxazole rings is 1. The van der Waals surface area contributed by atoms with Crippen LogP contribution in [0.4, 0.5) is 30.4 Å². The lowest BCUT2D eigenvalue weighted by atomic mass is 10.0. The van der Waals surface area contributed by atoms with Gasteiger partial charge < -0.3 is 31.4 Å². The Morgan fingerprint density at radius 1 is 0.906 bits per heavy atom. The molecular weight excluding hydrogens is 838 g/mol. The first kappa shape index (κ1) is 44.7. The molecule has 2 aliphatic heterocycles. The Morgan fingerprint density at radius 2 is 1.66 bits per heavy atom. The van der Waals surface area contributed by atoms with E-state index in [0.717, 1.165) is 56.1 Å². The molecule has 6 N–H and O–H groups in total. The summed E-state index contributed by atoms with van der Waals surface area (Å²) in [4.78, 5) is 86.1. The number of hydrogen-bond acceptors (Lipinski definition) is 12. The Morgan fingerprint density at radius 3 is 2.39 bits per heavy atom. The number of nitrogens with zero attached hydrogens (tertiary/aromatic N) is 5. The molecule has 3 aromatic heterocycles. The number of carbonyl (C=O) groups is 6. The summed E-state index contributed by atoms with van der Waals surface area (Å²) >= 11 is 0. The van der Waals surface area contributed by atoms with Crippen LogP contribution in [-0.2, 0) is 4.79 Å². The number of carbonyl (C=O) groups excluding carboxylic acids is 6. The van der Waals surface area contributed by atoms with Gasteiger partial charge >= 0.3 is 6.18 Å². The van der Waals surface area contributed by atoms with Crippen molar-refractivity contribution < 1.29 is 46.4 Å². The van der Waals surface area contributed by atoms with Gasteiger partial charge in [0.05, 0.1) is 28.7 Å². The smallest absolute Gasteiger partial charge is 0.405 e. The standard InChI is InChI=1S/C44H45F3N10O7/c45-44(46,47)25-52-35-22-27(18-21-50-35)41-54-32(24-64-41)39(60)53-31-23-56(55-37(31)38(48)59)28-16-14-26(15-17-28)34(58)13-6-4-2-1-3-5-7-19-49-30-11-8-10-29-36(30)43(63)57(42(29)62)33-12-9-20-51-40(33)61/h8,10-11,14-18,21-24,33,49H,1-7,9,12-13,19-20,25H2,(H2,48,59)(H,50,52)(H,51,61)(H,53,60). The van der Waals surface area contributed by atoms with Gasteiger partial charge in [-0.2, -0.15) is 18.3 Å². The molecule has 5 heterocycles. The minimum atomic E-state index is -4.45. The number of rotatable bonds is 20. The number of unbranched alkanes of at least 4 members (excludes halogenated alkanes) is 6. The highest BCUT2D eigenvalue weighted by molar-refractivity contribution is 6.25. The molecule has 2 aliphatic rings. The van der Waals surface area contributed by atoms with E-state index in [9.17, 15) is 41.9 Å². The number of ketones is 1. The molecule has 0 saturated carbocycles. The van der Waals surface area contributed by atoms with Gasteiger partial charge in [-0.1, -0.05) is 38.2 Å². The molecule has 7 rings (SSSR count). The molecule has 1 atom stereocenters. The number of Topliss-reactive ketones (excluding diaryl/α,β-unsaturated/α-hetero) is 1. The fourth-order valence-corrected chi connectivity index (χ4v) is 7.53. The molecule has 17 nitrogen and oxygen atoms in total. The number of aromatic nitrogens is 4. The van der Waals surface area contributed by atoms with Crippen LogP contribution in [0.15, 0.2) is 77.7 Å². The normalized spacial score (nSPS) is 14.9. The highest BCUT2D eigenvalue weighted by atomic mass is 19.4. The number of benzene rings is 2. The second kappa shape index (κ2) is 19.8. The third kappa shape index (κ3) is 10.6. The Balaban J connectivity index is 0.820. The molecule has 334 valence electrons. The number of pyridine rings is 1. The average Bonchev–Trinajstić information content (AvgIpc) is 4.01. The molecule has 0 spiro atoms. The van der Waals surface area contributed by atoms with Gasteiger partial charge in [-0.15, -0.1) is 0 Å². The van der Waals surface area contributed by atoms with E-state index in [4.69, 9.17) is 10.2 Å². The lowest BCUT2D eigenvalue weighted by Gasteiger charge is -2.28. The van der Waals surface area contributed by atoms with Gasteiger partial charge in [0.25, 0.3) is 23.6 Å². The topological polar surface area (TPSA) is 237 Å². The lowest BCUT2D eigenvalue weighted by molar-refractivity contribution is -0.126. The number of piperidine rings is 1. The lowest BCUT2D eigenvalue weighted by Crippen LogP contribution is -2.52. The monoisotopic (exact) mass is 882 g/mol. The first-order chi connectivity index (χ1) is 30.8. The molecule has 0 radical (unpaired) electrons. The fourth-order valence-electron chi connectivity index (χ4n) is 7.53. The van der Waals surface area contributed by atoms with Gasteiger partial charge in [-0.25, -0.2) is 14.6 Å². The first-order valence-electron chi connectivity index (χ1n) is 20.9. The van der Waals surface area contributed by atoms with E-state index in [2.05, 4.69) is 36.3 Å². The minimum absolute atomic E-state index is 0.0193. The molecule has 1 unspecified atom stereocenters. The summed E-state index contributed by atoms with van der Waals surface area (Å²) < 4.78 is 44.6. The summed E-state index contributed by atoms with van der Waals surface area (Å²) in [5, 5.41) is 15.0. The van der Waals surface area contributed by atoms with Gasteiger partial charge in [0.15, 0.2) is 17.2 Å². The van der Waals surface area contributed by atoms with Crippen molar-refractivity contribution in [3.63, 3.8) is 0 Å². The number of hydrogen-bond donors (Lipinski definition) is 5. The van der Waals surface area contributed by atoms with E-state index >= 15 is 0 Å². The van der Waals surface area contributed by atoms with Crippen LogP contribution in [0.25, 0.3) is 17.1 Å². The second-order valence-electron chi connectivity index (χ2n) is 15.4. The number of primary amides is 1. The fraction of sp³-hybridized carbons (Fsp3) is 0.341. The maximum absolute atomic E-state index is 13.3. The molecule has 1 saturated heterocycles. The molecular formula is C44H45F3N10O7. The summed E-state index contributed by atoms with van der Waals surface area (Å²) in [6.07, 6.45) is 7.21. The zero-order valence-corrected chi connectivity index (χ0v) is 34.5. The second-order valence-corrected chi connectivity index (χ2v) is 15.4. The van der Waals surface area contributed by atoms with E-state index < -0.39 is 42.4 Å². The van der Waals surface area contributed by atoms with Crippen molar-refractivity contribution >= 4 is 52.5 Å². The van der Waals surface area contributed by atoms with Gasteiger partial charge in [0.1, 0.15) is 24.7 Å². The molecule has 5 amide bonds. The van der Waals surface area contributed by atoms with Crippen molar-refractivity contribution in [2.45, 2.75) is 76.4 Å². The maximum Gasteiger partial charge on any atom is 0.405 e. The third-order valence-electron chi connectivity index (χ3n) is 10.8. The van der Waals surface area contributed by atoms with Gasteiger partial charge in [0.2, 0.25) is 11.8 Å². The van der Waals surface area contributed by atoms with Crippen molar-refractivity contribution in [3.05, 3.63) is 101 Å². The van der Waals surface area contributed by atoms with Gasteiger partial charge in [-0.05, 0) is 74.2 Å². The number of anilines is 3. The Labute approximate surface area is 364 Å². The van der Waals surface area contributed by atoms with Crippen molar-refractivity contribution in [2.75, 3.05) is 35.6 Å². The summed E-state index contributed by atoms with van der Waals surface area (Å²) in [5.74, 6) is -3.02. The summed E-state index contributed by atoms with van der Waals surface area (Å²) in [6.45, 7) is -0.131. The van der Waals surface area contributed by atoms with Crippen molar-refractivity contribution in [2.24, 2.45) is 5.73 Å². The Kier molecular flexibility index (Phi) is 13.8. The van der Waals surface area contributed by atoms with E-state index in [0.29, 0.717) is 60.4 Å². The van der Waals surface area contributed by atoms with Crippen LogP contribution in [0.5, 0.6) is 0 Å². The number of halogens is 3. The van der Waals surface area contributed by atoms with E-state index in [1.165, 1.54) is 29.2 Å². The molecule has 2 aromatic carbocycles. The van der Waals surface area contributed by atoms with Crippen LogP contribution in [0.2, 0.25) is 0 Å². The van der Waals surface area contributed by atoms with Crippen LogP contribution in [0.1, 0.15) is 116 Å².